The number of fused-ring (bicyclic) bond motifs is 3. The van der Waals surface area contributed by atoms with Crippen molar-refractivity contribution in [1.29, 1.82) is 0 Å². The number of carbonyl (C=O) groups excluding carboxylic acids is 4. The number of unbranched alkanes of at least 4 members (excludes halogenated alkanes) is 15. The molecule has 15 N–H and O–H groups in total. The number of aromatic nitrogens is 3. The van der Waals surface area contributed by atoms with Crippen LogP contribution in [-0.2, 0) is 28.6 Å². The summed E-state index contributed by atoms with van der Waals surface area (Å²) in [5.41, 5.74) is 41.2. The highest BCUT2D eigenvalue weighted by Crippen LogP contribution is 2.47. The minimum Gasteiger partial charge on any atom is -0.481 e. The monoisotopic (exact) mass is 1930 g/mol. The van der Waals surface area contributed by atoms with Crippen LogP contribution >= 0.6 is 36.7 Å². The molecule has 3 saturated carbocycles. The van der Waals surface area contributed by atoms with Crippen LogP contribution in [0.5, 0.6) is 0 Å². The second-order valence-corrected chi connectivity index (χ2v) is 39.1. The Balaban J connectivity index is 0.000000225. The number of carboxylic acids is 1. The largest absolute Gasteiger partial charge is 0.481 e. The molecule has 0 spiro atoms. The first-order valence-electron chi connectivity index (χ1n) is 47.8. The third-order valence-electron chi connectivity index (χ3n) is 24.4. The van der Waals surface area contributed by atoms with Crippen LogP contribution in [0.2, 0.25) is 0 Å². The van der Waals surface area contributed by atoms with E-state index in [9.17, 15) is 50.3 Å². The first-order valence-corrected chi connectivity index (χ1v) is 49.0. The molecule has 0 unspecified atom stereocenters. The van der Waals surface area contributed by atoms with E-state index in [1.807, 2.05) is 181 Å². The number of benzene rings is 6. The van der Waals surface area contributed by atoms with Gasteiger partial charge < -0.3 is 83.0 Å². The van der Waals surface area contributed by atoms with E-state index in [2.05, 4.69) is 41.2 Å². The second kappa shape index (κ2) is 53.5. The van der Waals surface area contributed by atoms with Gasteiger partial charge in [0, 0.05) is 187 Å². The fourth-order valence-electron chi connectivity index (χ4n) is 17.3. The number of nitrogens with one attached hydrogen (secondary N) is 4. The van der Waals surface area contributed by atoms with Gasteiger partial charge in [0.1, 0.15) is 26.2 Å². The molecule has 0 atom stereocenters. The summed E-state index contributed by atoms with van der Waals surface area (Å²) in [5, 5.41) is 23.1. The SMILES string of the molecule is C.C1CCOC1.CC(C)(C)OC(=O)NCCCCCCCCC(=O)Nc1ccc2c(-c3cccc(C(N)=S)c3)cn(C3CCC(F)(F)CC3)c2c1.CC(C)(C)OC(=O)NCCCCCCCCC(=O)O.NC(=S)c1cccc(-c2cn(C3CCC(F)(F)CC3)c3cc(N)ccc23)c1.NCCCCCCCCC(=O)Nc1ccc2c(-c3cccc(C(N)=S)c3)cn(C3CCC(F)(F)CC3)c2c1. The van der Waals surface area contributed by atoms with E-state index in [0.717, 1.165) is 224 Å². The number of carboxylic acid groups (broad SMARTS) is 1. The fourth-order valence-corrected chi connectivity index (χ4v) is 17.7. The highest BCUT2D eigenvalue weighted by Gasteiger charge is 2.39. The molecule has 21 nitrogen and oxygen atoms in total. The Morgan fingerprint density at radius 3 is 1.04 bits per heavy atom. The maximum absolute atomic E-state index is 14.0. The van der Waals surface area contributed by atoms with Gasteiger partial charge in [0.2, 0.25) is 29.6 Å². The smallest absolute Gasteiger partial charge is 0.407 e. The number of thiocarbonyl (C=S) groups is 3. The van der Waals surface area contributed by atoms with Crippen LogP contribution in [0.4, 0.5) is 53.0 Å². The van der Waals surface area contributed by atoms with Crippen LogP contribution in [0.15, 0.2) is 146 Å². The summed E-state index contributed by atoms with van der Waals surface area (Å²) in [6, 6.07) is 40.7. The number of aliphatic carboxylic acids is 1. The number of hydrogen-bond acceptors (Lipinski definition) is 13. The summed E-state index contributed by atoms with van der Waals surface area (Å²) in [7, 11) is 0. The molecule has 6 aromatic carbocycles. The van der Waals surface area contributed by atoms with E-state index in [1.165, 1.54) is 12.8 Å². The summed E-state index contributed by atoms with van der Waals surface area (Å²) in [6.07, 6.45) is 28.8. The molecule has 13 rings (SSSR count). The topological polar surface area (TPSA) is 326 Å². The lowest BCUT2D eigenvalue weighted by Crippen LogP contribution is -2.32. The van der Waals surface area contributed by atoms with Crippen molar-refractivity contribution in [2.24, 2.45) is 22.9 Å². The van der Waals surface area contributed by atoms with Crippen molar-refractivity contribution in [2.45, 2.75) is 321 Å². The number of nitrogens with zero attached hydrogens (tertiary/aromatic N) is 3. The second-order valence-electron chi connectivity index (χ2n) is 37.8. The average Bonchev–Trinajstić information content (AvgIpc) is 1.62. The van der Waals surface area contributed by atoms with Crippen LogP contribution in [0.25, 0.3) is 66.1 Å². The van der Waals surface area contributed by atoms with E-state index in [0.29, 0.717) is 90.8 Å². The maximum atomic E-state index is 14.0. The number of nitrogen functional groups attached to an aromatic ring is 1. The lowest BCUT2D eigenvalue weighted by molar-refractivity contribution is -0.137. The lowest BCUT2D eigenvalue weighted by atomic mass is 9.92. The Morgan fingerprint density at radius 1 is 0.430 bits per heavy atom. The van der Waals surface area contributed by atoms with E-state index >= 15 is 0 Å². The number of rotatable bonds is 37. The molecule has 1 aliphatic heterocycles. The molecule has 30 heteroatoms. The first kappa shape index (κ1) is 110. The lowest BCUT2D eigenvalue weighted by Gasteiger charge is -2.29. The van der Waals surface area contributed by atoms with E-state index in [-0.39, 0.29) is 94.5 Å². The van der Waals surface area contributed by atoms with Gasteiger partial charge >= 0.3 is 18.2 Å². The summed E-state index contributed by atoms with van der Waals surface area (Å²) in [6.45, 7) is 15.0. The van der Waals surface area contributed by atoms with Gasteiger partial charge in [-0.3, -0.25) is 14.4 Å². The van der Waals surface area contributed by atoms with Crippen LogP contribution < -0.4 is 49.9 Å². The number of nitrogens with two attached hydrogens (primary N) is 5. The highest BCUT2D eigenvalue weighted by molar-refractivity contribution is 7.81. The maximum Gasteiger partial charge on any atom is 0.407 e. The Kier molecular flexibility index (Phi) is 43.7. The van der Waals surface area contributed by atoms with E-state index in [4.69, 9.17) is 84.6 Å². The van der Waals surface area contributed by atoms with Crippen molar-refractivity contribution in [3.8, 4) is 33.4 Å². The van der Waals surface area contributed by atoms with Crippen LogP contribution in [0.3, 0.4) is 0 Å². The molecule has 4 heterocycles. The number of anilines is 3. The third-order valence-corrected chi connectivity index (χ3v) is 25.1. The van der Waals surface area contributed by atoms with Crippen molar-refractivity contribution in [3.63, 3.8) is 0 Å². The van der Waals surface area contributed by atoms with Gasteiger partial charge in [0.25, 0.3) is 0 Å². The minimum absolute atomic E-state index is 0. The zero-order chi connectivity index (χ0) is 97.2. The molecule has 0 bridgehead atoms. The summed E-state index contributed by atoms with van der Waals surface area (Å²) in [4.78, 5) is 59.7. The number of amides is 4. The number of carbonyl (C=O) groups is 5. The van der Waals surface area contributed by atoms with Crippen LogP contribution in [0.1, 0.15) is 309 Å². The van der Waals surface area contributed by atoms with Crippen molar-refractivity contribution in [2.75, 3.05) is 49.2 Å². The molecule has 0 radical (unpaired) electrons. The normalized spacial score (nSPS) is 15.3. The van der Waals surface area contributed by atoms with Crippen molar-refractivity contribution in [3.05, 3.63) is 163 Å². The Labute approximate surface area is 809 Å². The van der Waals surface area contributed by atoms with Gasteiger partial charge in [-0.25, -0.2) is 35.9 Å². The summed E-state index contributed by atoms with van der Waals surface area (Å²) in [5.74, 6) is -8.54. The Hall–Kier alpha value is -10.1. The fraction of sp³-hybridized carbons (Fsp3) is 0.524. The molecule has 4 amide bonds. The minimum atomic E-state index is -2.62. The highest BCUT2D eigenvalue weighted by atomic mass is 32.1. The van der Waals surface area contributed by atoms with Gasteiger partial charge in [-0.2, -0.15) is 0 Å². The molecule has 9 aromatic rings. The van der Waals surface area contributed by atoms with E-state index in [1.54, 1.807) is 0 Å². The van der Waals surface area contributed by atoms with Gasteiger partial charge in [-0.05, 0) is 209 Å². The average molecular weight is 1930 g/mol. The van der Waals surface area contributed by atoms with Crippen LogP contribution in [-0.4, -0.2) is 126 Å². The van der Waals surface area contributed by atoms with E-state index < -0.39 is 34.9 Å². The standard InChI is InChI=1S/C35H46F2N4O3S.C30H38F2N4OS.C21H21F2N3S.C14H27NO4.C4H8O.CH4/c1-34(2,3)44-33(43)39-20-9-7-5-4-6-8-13-31(42)40-26-14-15-28-29(24-11-10-12-25(21-24)32(38)45)23-41(30(28)22-26)27-16-18-35(36,37)19-17-27;31-30(32)15-13-24(14-16-30)36-20-26(21-8-7-9-22(18-21)29(34)38)25-12-11-23(19-27(25)36)35-28(37)10-5-3-1-2-4-6-17-33;22-21(23)8-6-16(7-9-21)26-12-18(17-5-4-15(24)11-19(17)26)13-2-1-3-14(10-13)20(25)27;1-14(2,3)19-13(18)15-11-9-7-5-4-6-8-10-12(16)17;1-2-4-5-3-1;/h10-12,14-15,21-23,27H,4-9,13,16-20H2,1-3H3,(H2,38,45)(H,39,43)(H,40,42);7-9,11-12,18-20,24H,1-6,10,13-17,33H2,(H2,34,38)(H,35,37);1-5,10-12,16H,6-9,24H2,(H2,25,27);4-11H2,1-3H3,(H,15,18)(H,16,17);1-4H2;1H4. The first-order chi connectivity index (χ1) is 63.7. The predicted octanol–water partition coefficient (Wildman–Crippen LogP) is 26.2. The van der Waals surface area contributed by atoms with Crippen molar-refractivity contribution < 1.29 is 69.6 Å². The molecule has 135 heavy (non-hydrogen) atoms. The number of hydrogen-bond donors (Lipinski definition) is 10. The van der Waals surface area contributed by atoms with Gasteiger partial charge in [-0.1, -0.05) is 194 Å². The predicted molar refractivity (Wildman–Crippen MR) is 548 cm³/mol. The molecule has 3 aromatic heterocycles. The van der Waals surface area contributed by atoms with Gasteiger partial charge in [-0.15, -0.1) is 0 Å². The molecule has 1 saturated heterocycles. The summed E-state index contributed by atoms with van der Waals surface area (Å²) >= 11 is 15.5. The number of halogens is 6. The number of ether oxygens (including phenoxy) is 3. The third kappa shape index (κ3) is 37.0. The zero-order valence-corrected chi connectivity index (χ0v) is 81.3. The Morgan fingerprint density at radius 2 is 0.733 bits per heavy atom. The van der Waals surface area contributed by atoms with Gasteiger partial charge in [0.15, 0.2) is 0 Å². The molecular weight excluding hydrogens is 1780 g/mol. The van der Waals surface area contributed by atoms with Gasteiger partial charge in [0.05, 0.1) is 16.6 Å². The Bertz CT molecular complexity index is 5330. The molecule has 4 fully saturated rings. The number of alkyl halides is 6. The van der Waals surface area contributed by atoms with Crippen molar-refractivity contribution >= 4 is 131 Å². The summed E-state index contributed by atoms with van der Waals surface area (Å²) < 4.78 is 105. The van der Waals surface area contributed by atoms with Crippen LogP contribution in [0, 0.1) is 0 Å². The molecule has 738 valence electrons. The molecule has 3 aliphatic carbocycles. The van der Waals surface area contributed by atoms with Crippen molar-refractivity contribution in [1.82, 2.24) is 24.3 Å². The zero-order valence-electron chi connectivity index (χ0n) is 78.8. The number of alkyl carbamates (subject to hydrolysis) is 2. The molecular formula is C105H144F6N12O9S3. The quantitative estimate of drug-likeness (QED) is 0.00748. The molecule has 4 aliphatic rings.